The number of phenols is 1. The average Bonchev–Trinajstić information content (AvgIpc) is 3.18. The van der Waals surface area contributed by atoms with Gasteiger partial charge in [-0.05, 0) is 85.5 Å². The minimum absolute atomic E-state index is 0.0573. The molecule has 0 aliphatic rings. The summed E-state index contributed by atoms with van der Waals surface area (Å²) >= 11 is 0. The highest BCUT2D eigenvalue weighted by atomic mass is 19.1. The van der Waals surface area contributed by atoms with Gasteiger partial charge in [-0.1, -0.05) is 30.3 Å². The number of para-hydroxylation sites is 1. The normalized spacial score (nSPS) is 11.4. The molecule has 4 aromatic carbocycles. The Morgan fingerprint density at radius 1 is 0.897 bits per heavy atom. The van der Waals surface area contributed by atoms with E-state index in [0.29, 0.717) is 33.3 Å². The van der Waals surface area contributed by atoms with Crippen LogP contribution in [0.25, 0.3) is 27.7 Å². The average molecular weight is 526 g/mol. The van der Waals surface area contributed by atoms with Crippen molar-refractivity contribution < 1.29 is 29.2 Å². The van der Waals surface area contributed by atoms with Crippen molar-refractivity contribution in [3.63, 3.8) is 0 Å². The number of benzene rings is 4. The molecule has 0 radical (unpaired) electrons. The van der Waals surface area contributed by atoms with E-state index in [-0.39, 0.29) is 28.8 Å². The lowest BCUT2D eigenvalue weighted by Gasteiger charge is -2.10. The summed E-state index contributed by atoms with van der Waals surface area (Å²) in [6.45, 7) is 5.55. The van der Waals surface area contributed by atoms with Gasteiger partial charge in [0, 0.05) is 16.6 Å². The number of carbonyl (C=O) groups is 1. The second kappa shape index (κ2) is 9.94. The summed E-state index contributed by atoms with van der Waals surface area (Å²) in [6, 6.07) is 19.7. The van der Waals surface area contributed by atoms with E-state index in [1.807, 2.05) is 32.0 Å². The zero-order chi connectivity index (χ0) is 27.8. The van der Waals surface area contributed by atoms with Crippen LogP contribution in [-0.4, -0.2) is 26.0 Å². The number of aromatic nitrogens is 1. The molecule has 0 atom stereocenters. The molecular weight excluding hydrogens is 501 g/mol. The first-order valence-electron chi connectivity index (χ1n) is 12.0. The van der Waals surface area contributed by atoms with E-state index >= 15 is 0 Å². The van der Waals surface area contributed by atoms with E-state index in [0.717, 1.165) is 11.1 Å². The second-order valence-electron chi connectivity index (χ2n) is 9.11. The maximum absolute atomic E-state index is 14.6. The third kappa shape index (κ3) is 4.66. The van der Waals surface area contributed by atoms with Gasteiger partial charge >= 0.3 is 6.16 Å². The van der Waals surface area contributed by atoms with Gasteiger partial charge in [-0.25, -0.2) is 9.18 Å². The zero-order valence-electron chi connectivity index (χ0n) is 21.3. The first-order valence-corrected chi connectivity index (χ1v) is 12.0. The molecule has 1 aromatic heterocycles. The smallest absolute Gasteiger partial charge is 0.505 e. The fourth-order valence-corrected chi connectivity index (χ4v) is 4.49. The molecule has 0 saturated carbocycles. The summed E-state index contributed by atoms with van der Waals surface area (Å²) in [5.41, 5.74) is 4.66. The number of azo groups is 1. The van der Waals surface area contributed by atoms with E-state index in [9.17, 15) is 19.4 Å². The van der Waals surface area contributed by atoms with Gasteiger partial charge in [0.2, 0.25) is 5.88 Å². The maximum atomic E-state index is 14.6. The van der Waals surface area contributed by atoms with Gasteiger partial charge < -0.3 is 20.1 Å². The molecule has 3 N–H and O–H groups in total. The van der Waals surface area contributed by atoms with E-state index < -0.39 is 12.0 Å². The summed E-state index contributed by atoms with van der Waals surface area (Å²) in [4.78, 5) is 10.9. The number of carboxylic acid groups (broad SMARTS) is 1. The second-order valence-corrected chi connectivity index (χ2v) is 9.11. The largest absolute Gasteiger partial charge is 0.511 e. The maximum Gasteiger partial charge on any atom is 0.511 e. The van der Waals surface area contributed by atoms with Crippen LogP contribution in [0.3, 0.4) is 0 Å². The Kier molecular flexibility index (Phi) is 6.49. The molecule has 0 bridgehead atoms. The number of fused-ring (bicyclic) bond motifs is 1. The van der Waals surface area contributed by atoms with E-state index in [4.69, 9.17) is 9.84 Å². The Bertz CT molecular complexity index is 1790. The lowest BCUT2D eigenvalue weighted by Crippen LogP contribution is -2.02. The molecule has 0 amide bonds. The highest BCUT2D eigenvalue weighted by Crippen LogP contribution is 2.45. The Morgan fingerprint density at radius 3 is 2.41 bits per heavy atom. The van der Waals surface area contributed by atoms with Gasteiger partial charge in [0.25, 0.3) is 0 Å². The summed E-state index contributed by atoms with van der Waals surface area (Å²) in [7, 11) is 0. The molecular formula is C30H24FN3O5. The highest BCUT2D eigenvalue weighted by molar-refractivity contribution is 5.99. The number of phenolic OH excluding ortho intramolecular Hbond substituents is 1. The fraction of sp³-hybridized carbons (Fsp3) is 0.100. The standard InChI is InChI=1S/C30H24FN3O5/c1-16-10-11-20(14-17(16)2)34-25-13-12-23(31)18(3)26(25)27(29(34)36)33-32-24-9-5-8-22(28(24)35)19-6-4-7-21(15-19)39-30(37)38/h4-15,35-36H,1-3H3,(H,37,38). The van der Waals surface area contributed by atoms with Crippen molar-refractivity contribution in [2.45, 2.75) is 20.8 Å². The quantitative estimate of drug-likeness (QED) is 0.121. The third-order valence-electron chi connectivity index (χ3n) is 6.65. The van der Waals surface area contributed by atoms with Gasteiger partial charge in [0.05, 0.1) is 5.52 Å². The van der Waals surface area contributed by atoms with Gasteiger partial charge in [-0.15, -0.1) is 10.2 Å². The summed E-state index contributed by atoms with van der Waals surface area (Å²) in [5, 5.41) is 40.0. The van der Waals surface area contributed by atoms with Crippen LogP contribution in [0.15, 0.2) is 83.0 Å². The van der Waals surface area contributed by atoms with Crippen molar-refractivity contribution in [1.29, 1.82) is 0 Å². The van der Waals surface area contributed by atoms with Crippen molar-refractivity contribution >= 4 is 28.4 Å². The minimum Gasteiger partial charge on any atom is -0.505 e. The molecule has 0 aliphatic carbocycles. The van der Waals surface area contributed by atoms with Crippen LogP contribution in [-0.2, 0) is 0 Å². The first kappa shape index (κ1) is 25.5. The number of rotatable bonds is 5. The molecule has 0 saturated heterocycles. The van der Waals surface area contributed by atoms with E-state index in [1.165, 1.54) is 24.3 Å². The lowest BCUT2D eigenvalue weighted by molar-refractivity contribution is 0.144. The molecule has 39 heavy (non-hydrogen) atoms. The van der Waals surface area contributed by atoms with Crippen molar-refractivity contribution in [3.8, 4) is 34.2 Å². The molecule has 0 spiro atoms. The van der Waals surface area contributed by atoms with Crippen LogP contribution in [0.5, 0.6) is 17.4 Å². The number of nitrogens with zero attached hydrogens (tertiary/aromatic N) is 3. The molecule has 8 nitrogen and oxygen atoms in total. The molecule has 5 aromatic rings. The fourth-order valence-electron chi connectivity index (χ4n) is 4.49. The van der Waals surface area contributed by atoms with Crippen molar-refractivity contribution in [1.82, 2.24) is 4.57 Å². The Morgan fingerprint density at radius 2 is 1.67 bits per heavy atom. The van der Waals surface area contributed by atoms with Gasteiger partial charge in [0.1, 0.15) is 17.3 Å². The Labute approximate surface area is 222 Å². The lowest BCUT2D eigenvalue weighted by atomic mass is 10.0. The molecule has 0 unspecified atom stereocenters. The Balaban J connectivity index is 1.63. The van der Waals surface area contributed by atoms with E-state index in [2.05, 4.69) is 10.2 Å². The van der Waals surface area contributed by atoms with Crippen LogP contribution >= 0.6 is 0 Å². The first-order chi connectivity index (χ1) is 18.7. The SMILES string of the molecule is Cc1ccc(-n2c(O)c(N=Nc3cccc(-c4cccc(OC(=O)O)c4)c3O)c3c(C)c(F)ccc32)cc1C. The topological polar surface area (TPSA) is 117 Å². The number of ether oxygens (including phenoxy) is 1. The number of hydrogen-bond donors (Lipinski definition) is 3. The number of halogens is 1. The van der Waals surface area contributed by atoms with Crippen LogP contribution in [0.2, 0.25) is 0 Å². The predicted octanol–water partition coefficient (Wildman–Crippen LogP) is 8.25. The van der Waals surface area contributed by atoms with Crippen molar-refractivity contribution in [3.05, 3.63) is 95.3 Å². The summed E-state index contributed by atoms with van der Waals surface area (Å²) in [5.74, 6) is -0.800. The molecule has 1 heterocycles. The van der Waals surface area contributed by atoms with Crippen LogP contribution in [0.1, 0.15) is 16.7 Å². The molecule has 9 heteroatoms. The van der Waals surface area contributed by atoms with Gasteiger partial charge in [0.15, 0.2) is 11.4 Å². The molecule has 0 fully saturated rings. The third-order valence-corrected chi connectivity index (χ3v) is 6.65. The van der Waals surface area contributed by atoms with Crippen LogP contribution < -0.4 is 4.74 Å². The summed E-state index contributed by atoms with van der Waals surface area (Å²) in [6.07, 6.45) is -1.45. The predicted molar refractivity (Wildman–Crippen MR) is 145 cm³/mol. The summed E-state index contributed by atoms with van der Waals surface area (Å²) < 4.78 is 20.9. The monoisotopic (exact) mass is 525 g/mol. The number of aryl methyl sites for hydroxylation is 3. The van der Waals surface area contributed by atoms with Crippen LogP contribution in [0, 0.1) is 26.6 Å². The van der Waals surface area contributed by atoms with Crippen molar-refractivity contribution in [2.24, 2.45) is 10.2 Å². The number of hydrogen-bond acceptors (Lipinski definition) is 6. The van der Waals surface area contributed by atoms with Crippen LogP contribution in [0.4, 0.5) is 20.6 Å². The van der Waals surface area contributed by atoms with Crippen molar-refractivity contribution in [2.75, 3.05) is 0 Å². The Hall–Kier alpha value is -5.18. The van der Waals surface area contributed by atoms with E-state index in [1.54, 1.807) is 41.8 Å². The van der Waals surface area contributed by atoms with Gasteiger partial charge in [-0.3, -0.25) is 4.57 Å². The minimum atomic E-state index is -1.45. The zero-order valence-corrected chi connectivity index (χ0v) is 21.3. The van der Waals surface area contributed by atoms with Gasteiger partial charge in [-0.2, -0.15) is 0 Å². The highest BCUT2D eigenvalue weighted by Gasteiger charge is 2.22. The molecule has 5 rings (SSSR count). The molecule has 0 aliphatic heterocycles. The molecule has 196 valence electrons. The number of aromatic hydroxyl groups is 2.